The third-order valence-corrected chi connectivity index (χ3v) is 5.05. The standard InChI is InChI=1S/C12H21N3S2/c1-2-11-14-12(17-15-11)16-8-7-13-9-10-5-3-4-6-10/h10,13H,2-9H2,1H3. The van der Waals surface area contributed by atoms with Crippen LogP contribution in [0.15, 0.2) is 4.34 Å². The minimum atomic E-state index is 0.938. The van der Waals surface area contributed by atoms with E-state index in [4.69, 9.17) is 0 Å². The molecule has 96 valence electrons. The van der Waals surface area contributed by atoms with E-state index in [1.54, 1.807) is 0 Å². The molecule has 1 heterocycles. The lowest BCUT2D eigenvalue weighted by molar-refractivity contribution is 0.500. The Bertz CT molecular complexity index is 321. The fraction of sp³-hybridized carbons (Fsp3) is 0.833. The zero-order valence-corrected chi connectivity index (χ0v) is 12.1. The van der Waals surface area contributed by atoms with Crippen molar-refractivity contribution in [3.05, 3.63) is 5.82 Å². The Morgan fingerprint density at radius 1 is 1.41 bits per heavy atom. The van der Waals surface area contributed by atoms with Crippen LogP contribution >= 0.6 is 23.3 Å². The first-order valence-electron chi connectivity index (χ1n) is 6.54. The first-order chi connectivity index (χ1) is 8.38. The average Bonchev–Trinajstić information content (AvgIpc) is 2.99. The smallest absolute Gasteiger partial charge is 0.170 e. The predicted molar refractivity (Wildman–Crippen MR) is 74.8 cm³/mol. The van der Waals surface area contributed by atoms with Crippen molar-refractivity contribution >= 4 is 23.3 Å². The lowest BCUT2D eigenvalue weighted by atomic mass is 10.1. The summed E-state index contributed by atoms with van der Waals surface area (Å²) in [5.41, 5.74) is 0. The van der Waals surface area contributed by atoms with Gasteiger partial charge in [0.25, 0.3) is 0 Å². The van der Waals surface area contributed by atoms with Crippen LogP contribution in [0.3, 0.4) is 0 Å². The molecule has 0 saturated heterocycles. The van der Waals surface area contributed by atoms with E-state index in [9.17, 15) is 0 Å². The van der Waals surface area contributed by atoms with Gasteiger partial charge in [-0.25, -0.2) is 4.98 Å². The highest BCUT2D eigenvalue weighted by Gasteiger charge is 2.13. The molecular weight excluding hydrogens is 250 g/mol. The molecule has 1 aliphatic rings. The highest BCUT2D eigenvalue weighted by molar-refractivity contribution is 8.00. The second-order valence-corrected chi connectivity index (χ2v) is 6.63. The second-order valence-electron chi connectivity index (χ2n) is 4.53. The van der Waals surface area contributed by atoms with Crippen LogP contribution in [0.5, 0.6) is 0 Å². The topological polar surface area (TPSA) is 37.8 Å². The lowest BCUT2D eigenvalue weighted by Gasteiger charge is -2.09. The lowest BCUT2D eigenvalue weighted by Crippen LogP contribution is -2.23. The van der Waals surface area contributed by atoms with Gasteiger partial charge in [0.15, 0.2) is 4.34 Å². The van der Waals surface area contributed by atoms with Crippen LogP contribution < -0.4 is 5.32 Å². The summed E-state index contributed by atoms with van der Waals surface area (Å²) in [6.45, 7) is 4.39. The van der Waals surface area contributed by atoms with Crippen molar-refractivity contribution < 1.29 is 0 Å². The van der Waals surface area contributed by atoms with Crippen LogP contribution in [-0.4, -0.2) is 28.2 Å². The number of aryl methyl sites for hydroxylation is 1. The zero-order chi connectivity index (χ0) is 11.9. The molecule has 1 aromatic heterocycles. The van der Waals surface area contributed by atoms with E-state index in [1.807, 2.05) is 11.8 Å². The summed E-state index contributed by atoms with van der Waals surface area (Å²) in [7, 11) is 0. The van der Waals surface area contributed by atoms with Crippen molar-refractivity contribution in [2.75, 3.05) is 18.8 Å². The van der Waals surface area contributed by atoms with E-state index in [0.717, 1.165) is 34.8 Å². The van der Waals surface area contributed by atoms with Crippen LogP contribution in [0.25, 0.3) is 0 Å². The van der Waals surface area contributed by atoms with Crippen LogP contribution in [0.2, 0.25) is 0 Å². The first kappa shape index (κ1) is 13.3. The third kappa shape index (κ3) is 4.56. The Morgan fingerprint density at radius 2 is 2.24 bits per heavy atom. The van der Waals surface area contributed by atoms with Crippen LogP contribution in [0.1, 0.15) is 38.4 Å². The maximum Gasteiger partial charge on any atom is 0.170 e. The maximum absolute atomic E-state index is 4.45. The van der Waals surface area contributed by atoms with Crippen LogP contribution in [0, 0.1) is 5.92 Å². The van der Waals surface area contributed by atoms with Crippen molar-refractivity contribution in [3.63, 3.8) is 0 Å². The van der Waals surface area contributed by atoms with Gasteiger partial charge in [0, 0.05) is 18.7 Å². The van der Waals surface area contributed by atoms with Gasteiger partial charge in [-0.3, -0.25) is 0 Å². The number of rotatable bonds is 7. The zero-order valence-electron chi connectivity index (χ0n) is 10.4. The number of hydrogen-bond acceptors (Lipinski definition) is 5. The summed E-state index contributed by atoms with van der Waals surface area (Å²) in [5, 5.41) is 3.55. The molecule has 0 radical (unpaired) electrons. The summed E-state index contributed by atoms with van der Waals surface area (Å²) in [5.74, 6) is 3.02. The van der Waals surface area contributed by atoms with Crippen molar-refractivity contribution in [3.8, 4) is 0 Å². The Balaban J connectivity index is 1.53. The van der Waals surface area contributed by atoms with Gasteiger partial charge in [0.1, 0.15) is 5.82 Å². The molecule has 2 rings (SSSR count). The maximum atomic E-state index is 4.45. The summed E-state index contributed by atoms with van der Waals surface area (Å²) in [6.07, 6.45) is 6.67. The van der Waals surface area contributed by atoms with Gasteiger partial charge in [-0.2, -0.15) is 4.37 Å². The molecule has 1 aliphatic carbocycles. The molecular formula is C12H21N3S2. The minimum Gasteiger partial charge on any atom is -0.316 e. The first-order valence-corrected chi connectivity index (χ1v) is 8.30. The van der Waals surface area contributed by atoms with Crippen molar-refractivity contribution in [2.24, 2.45) is 5.92 Å². The number of aromatic nitrogens is 2. The molecule has 1 fully saturated rings. The van der Waals surface area contributed by atoms with E-state index in [1.165, 1.54) is 43.8 Å². The monoisotopic (exact) mass is 271 g/mol. The van der Waals surface area contributed by atoms with E-state index in [2.05, 4.69) is 21.6 Å². The summed E-state index contributed by atoms with van der Waals surface area (Å²) < 4.78 is 5.40. The summed E-state index contributed by atoms with van der Waals surface area (Å²) in [4.78, 5) is 4.45. The molecule has 0 amide bonds. The van der Waals surface area contributed by atoms with Gasteiger partial charge < -0.3 is 5.32 Å². The Morgan fingerprint density at radius 3 is 2.94 bits per heavy atom. The molecule has 1 N–H and O–H groups in total. The number of nitrogens with zero attached hydrogens (tertiary/aromatic N) is 2. The average molecular weight is 271 g/mol. The van der Waals surface area contributed by atoms with Gasteiger partial charge in [0.2, 0.25) is 0 Å². The van der Waals surface area contributed by atoms with Gasteiger partial charge in [0.05, 0.1) is 0 Å². The molecule has 0 atom stereocenters. The van der Waals surface area contributed by atoms with Gasteiger partial charge in [-0.15, -0.1) is 0 Å². The normalized spacial score (nSPS) is 16.8. The van der Waals surface area contributed by atoms with Gasteiger partial charge in [-0.1, -0.05) is 31.5 Å². The quantitative estimate of drug-likeness (QED) is 0.611. The molecule has 1 saturated carbocycles. The van der Waals surface area contributed by atoms with E-state index >= 15 is 0 Å². The summed E-state index contributed by atoms with van der Waals surface area (Å²) >= 11 is 3.35. The van der Waals surface area contributed by atoms with Gasteiger partial charge in [-0.05, 0) is 36.8 Å². The number of thioether (sulfide) groups is 1. The fourth-order valence-corrected chi connectivity index (χ4v) is 3.83. The molecule has 0 spiro atoms. The Labute approximate surface area is 112 Å². The number of nitrogens with one attached hydrogen (secondary N) is 1. The summed E-state index contributed by atoms with van der Waals surface area (Å²) in [6, 6.07) is 0. The largest absolute Gasteiger partial charge is 0.316 e. The Hall–Kier alpha value is -0.130. The van der Waals surface area contributed by atoms with Crippen LogP contribution in [-0.2, 0) is 6.42 Å². The molecule has 1 aromatic rings. The molecule has 17 heavy (non-hydrogen) atoms. The van der Waals surface area contributed by atoms with Crippen molar-refractivity contribution in [1.29, 1.82) is 0 Å². The van der Waals surface area contributed by atoms with Crippen LogP contribution in [0.4, 0.5) is 0 Å². The Kier molecular flexibility index (Phi) is 5.74. The predicted octanol–water partition coefficient (Wildman–Crippen LogP) is 2.97. The highest BCUT2D eigenvalue weighted by Crippen LogP contribution is 2.24. The number of hydrogen-bond donors (Lipinski definition) is 1. The molecule has 0 aliphatic heterocycles. The van der Waals surface area contributed by atoms with E-state index < -0.39 is 0 Å². The molecule has 0 unspecified atom stereocenters. The fourth-order valence-electron chi connectivity index (χ4n) is 2.17. The molecule has 3 nitrogen and oxygen atoms in total. The molecule has 0 bridgehead atoms. The van der Waals surface area contributed by atoms with E-state index in [-0.39, 0.29) is 0 Å². The third-order valence-electron chi connectivity index (χ3n) is 3.18. The second kappa shape index (κ2) is 7.34. The highest BCUT2D eigenvalue weighted by atomic mass is 32.2. The SMILES string of the molecule is CCc1nsc(SCCNCC2CCCC2)n1. The minimum absolute atomic E-state index is 0.938. The molecule has 0 aromatic carbocycles. The molecule has 5 heteroatoms. The van der Waals surface area contributed by atoms with Crippen molar-refractivity contribution in [2.45, 2.75) is 43.4 Å². The van der Waals surface area contributed by atoms with Crippen molar-refractivity contribution in [1.82, 2.24) is 14.7 Å². The van der Waals surface area contributed by atoms with Gasteiger partial charge >= 0.3 is 0 Å². The van der Waals surface area contributed by atoms with E-state index in [0.29, 0.717) is 0 Å².